The number of benzene rings is 1. The third-order valence-electron chi connectivity index (χ3n) is 3.20. The van der Waals surface area contributed by atoms with Crippen LogP contribution in [0.15, 0.2) is 24.3 Å². The van der Waals surface area contributed by atoms with Gasteiger partial charge in [0.1, 0.15) is 6.04 Å². The Morgan fingerprint density at radius 2 is 1.75 bits per heavy atom. The second-order valence-electron chi connectivity index (χ2n) is 5.31. The van der Waals surface area contributed by atoms with Crippen molar-refractivity contribution >= 4 is 29.2 Å². The van der Waals surface area contributed by atoms with Crippen LogP contribution in [0.3, 0.4) is 0 Å². The molecule has 0 aliphatic carbocycles. The van der Waals surface area contributed by atoms with Crippen molar-refractivity contribution in [1.29, 1.82) is 0 Å². The van der Waals surface area contributed by atoms with Gasteiger partial charge < -0.3 is 30.6 Å². The first kappa shape index (κ1) is 19.6. The molecular weight excluding hydrogens is 314 g/mol. The van der Waals surface area contributed by atoms with Crippen molar-refractivity contribution in [2.45, 2.75) is 25.8 Å². The molecule has 0 fully saturated rings. The molecule has 0 spiro atoms. The number of hydrogen-bond donors (Lipinski definition) is 3. The van der Waals surface area contributed by atoms with Crippen LogP contribution in [0.2, 0.25) is 0 Å². The number of aliphatic carboxylic acids is 1. The molecule has 8 heteroatoms. The van der Waals surface area contributed by atoms with E-state index in [2.05, 4.69) is 10.6 Å². The lowest BCUT2D eigenvalue weighted by molar-refractivity contribution is -0.682. The summed E-state index contributed by atoms with van der Waals surface area (Å²) in [6.45, 7) is 2.47. The standard InChI is InChI=1S/C16H23N3O5/c1-11(20)18-12-4-6-13(7-5-12)19-15(21)10-14(16(22)23)17-8-3-9-24-2/h4-7,14,17H,3,8-10H2,1-2H3,(H,18,20)(H,19,21)(H,22,23)/t14-/m0/s1. The number of methoxy groups -OCH3 is 1. The van der Waals surface area contributed by atoms with E-state index in [1.54, 1.807) is 36.7 Å². The Kier molecular flexibility index (Phi) is 8.45. The minimum atomic E-state index is -1.27. The van der Waals surface area contributed by atoms with Gasteiger partial charge in [0.2, 0.25) is 11.8 Å². The highest BCUT2D eigenvalue weighted by molar-refractivity contribution is 5.94. The monoisotopic (exact) mass is 337 g/mol. The van der Waals surface area contributed by atoms with Crippen molar-refractivity contribution in [2.75, 3.05) is 30.9 Å². The lowest BCUT2D eigenvalue weighted by atomic mass is 10.2. The van der Waals surface area contributed by atoms with Crippen LogP contribution in [0, 0.1) is 0 Å². The van der Waals surface area contributed by atoms with Crippen LogP contribution < -0.4 is 21.1 Å². The Morgan fingerprint density at radius 1 is 1.17 bits per heavy atom. The van der Waals surface area contributed by atoms with Gasteiger partial charge in [-0.3, -0.25) is 9.59 Å². The number of nitrogens with two attached hydrogens (primary N) is 1. The highest BCUT2D eigenvalue weighted by atomic mass is 16.5. The zero-order valence-electron chi connectivity index (χ0n) is 13.8. The molecule has 0 aliphatic heterocycles. The number of carbonyl (C=O) groups excluding carboxylic acids is 3. The summed E-state index contributed by atoms with van der Waals surface area (Å²) in [6, 6.07) is 5.59. The van der Waals surface area contributed by atoms with Crippen molar-refractivity contribution in [3.8, 4) is 0 Å². The quantitative estimate of drug-likeness (QED) is 0.457. The third-order valence-corrected chi connectivity index (χ3v) is 3.20. The summed E-state index contributed by atoms with van der Waals surface area (Å²) in [5.41, 5.74) is 1.13. The fourth-order valence-electron chi connectivity index (χ4n) is 2.06. The Balaban J connectivity index is 2.49. The summed E-state index contributed by atoms with van der Waals surface area (Å²) in [5.74, 6) is -1.88. The molecule has 0 bridgehead atoms. The average Bonchev–Trinajstić information content (AvgIpc) is 2.51. The van der Waals surface area contributed by atoms with E-state index in [0.717, 1.165) is 0 Å². The first-order valence-electron chi connectivity index (χ1n) is 7.63. The van der Waals surface area contributed by atoms with Gasteiger partial charge >= 0.3 is 0 Å². The first-order chi connectivity index (χ1) is 11.4. The third kappa shape index (κ3) is 7.70. The number of carboxylic acid groups (broad SMARTS) is 1. The van der Waals surface area contributed by atoms with E-state index in [4.69, 9.17) is 4.74 Å². The SMILES string of the molecule is COCCC[NH2+][C@@H](CC(=O)Nc1ccc(NC(C)=O)cc1)C(=O)[O-]. The Labute approximate surface area is 140 Å². The molecule has 1 aromatic carbocycles. The Bertz CT molecular complexity index is 559. The van der Waals surface area contributed by atoms with Crippen LogP contribution in [-0.2, 0) is 19.1 Å². The first-order valence-corrected chi connectivity index (χ1v) is 7.63. The number of hydrogen-bond acceptors (Lipinski definition) is 5. The average molecular weight is 337 g/mol. The lowest BCUT2D eigenvalue weighted by Crippen LogP contribution is -2.93. The summed E-state index contributed by atoms with van der Waals surface area (Å²) in [5, 5.41) is 17.9. The van der Waals surface area contributed by atoms with Crippen molar-refractivity contribution in [1.82, 2.24) is 0 Å². The molecule has 0 radical (unpaired) electrons. The van der Waals surface area contributed by atoms with Gasteiger partial charge in [-0.2, -0.15) is 0 Å². The molecule has 8 nitrogen and oxygen atoms in total. The van der Waals surface area contributed by atoms with E-state index in [1.807, 2.05) is 0 Å². The van der Waals surface area contributed by atoms with Gasteiger partial charge in [0.25, 0.3) is 0 Å². The van der Waals surface area contributed by atoms with E-state index in [-0.39, 0.29) is 12.3 Å². The second-order valence-corrected chi connectivity index (χ2v) is 5.31. The van der Waals surface area contributed by atoms with E-state index in [0.29, 0.717) is 30.9 Å². The maximum Gasteiger partial charge on any atom is 0.230 e. The van der Waals surface area contributed by atoms with E-state index < -0.39 is 17.9 Å². The van der Waals surface area contributed by atoms with Crippen LogP contribution in [0.4, 0.5) is 11.4 Å². The van der Waals surface area contributed by atoms with Crippen LogP contribution in [0.25, 0.3) is 0 Å². The van der Waals surface area contributed by atoms with Gasteiger partial charge in [-0.25, -0.2) is 0 Å². The summed E-state index contributed by atoms with van der Waals surface area (Å²) >= 11 is 0. The number of carboxylic acids is 1. The van der Waals surface area contributed by atoms with Crippen molar-refractivity contribution in [2.24, 2.45) is 0 Å². The van der Waals surface area contributed by atoms with Gasteiger partial charge in [0.05, 0.1) is 25.5 Å². The predicted molar refractivity (Wildman–Crippen MR) is 86.1 cm³/mol. The molecule has 0 aromatic heterocycles. The number of quaternary nitrogens is 1. The molecule has 0 aliphatic rings. The molecular formula is C16H23N3O5. The van der Waals surface area contributed by atoms with Gasteiger partial charge in [0.15, 0.2) is 0 Å². The zero-order valence-corrected chi connectivity index (χ0v) is 13.8. The van der Waals surface area contributed by atoms with E-state index >= 15 is 0 Å². The van der Waals surface area contributed by atoms with E-state index in [1.165, 1.54) is 6.92 Å². The van der Waals surface area contributed by atoms with Crippen molar-refractivity contribution < 1.29 is 29.5 Å². The molecule has 4 N–H and O–H groups in total. The number of rotatable bonds is 10. The highest BCUT2D eigenvalue weighted by Gasteiger charge is 2.18. The number of amides is 2. The molecule has 1 aromatic rings. The maximum absolute atomic E-state index is 12.0. The smallest absolute Gasteiger partial charge is 0.230 e. The Morgan fingerprint density at radius 3 is 2.25 bits per heavy atom. The molecule has 132 valence electrons. The van der Waals surface area contributed by atoms with Crippen LogP contribution >= 0.6 is 0 Å². The molecule has 1 rings (SSSR count). The molecule has 24 heavy (non-hydrogen) atoms. The predicted octanol–water partition coefficient (Wildman–Crippen LogP) is -1.31. The van der Waals surface area contributed by atoms with Crippen LogP contribution in [-0.4, -0.2) is 44.1 Å². The fourth-order valence-corrected chi connectivity index (χ4v) is 2.06. The summed E-state index contributed by atoms with van der Waals surface area (Å²) in [6.07, 6.45) is 0.495. The normalized spacial score (nSPS) is 11.6. The highest BCUT2D eigenvalue weighted by Crippen LogP contribution is 2.13. The lowest BCUT2D eigenvalue weighted by Gasteiger charge is -2.16. The van der Waals surface area contributed by atoms with Gasteiger partial charge in [-0.15, -0.1) is 0 Å². The van der Waals surface area contributed by atoms with Crippen LogP contribution in [0.1, 0.15) is 19.8 Å². The second kappa shape index (κ2) is 10.3. The number of anilines is 2. The fraction of sp³-hybridized carbons (Fsp3) is 0.438. The minimum absolute atomic E-state index is 0.187. The molecule has 0 saturated heterocycles. The topological polar surface area (TPSA) is 124 Å². The van der Waals surface area contributed by atoms with Gasteiger partial charge in [-0.05, 0) is 24.3 Å². The largest absolute Gasteiger partial charge is 0.544 e. The summed E-state index contributed by atoms with van der Waals surface area (Å²) in [7, 11) is 1.57. The number of nitrogens with one attached hydrogen (secondary N) is 2. The molecule has 0 heterocycles. The van der Waals surface area contributed by atoms with Crippen molar-refractivity contribution in [3.05, 3.63) is 24.3 Å². The van der Waals surface area contributed by atoms with Gasteiger partial charge in [-0.1, -0.05) is 0 Å². The van der Waals surface area contributed by atoms with Crippen LogP contribution in [0.5, 0.6) is 0 Å². The molecule has 0 saturated carbocycles. The molecule has 0 unspecified atom stereocenters. The zero-order chi connectivity index (χ0) is 17.9. The minimum Gasteiger partial charge on any atom is -0.544 e. The molecule has 1 atom stereocenters. The van der Waals surface area contributed by atoms with E-state index in [9.17, 15) is 19.5 Å². The number of ether oxygens (including phenoxy) is 1. The molecule has 2 amide bonds. The van der Waals surface area contributed by atoms with Gasteiger partial charge in [0, 0.05) is 31.8 Å². The Hall–Kier alpha value is -2.45. The number of carbonyl (C=O) groups is 3. The maximum atomic E-state index is 12.0. The summed E-state index contributed by atoms with van der Waals surface area (Å²) < 4.78 is 4.89. The summed E-state index contributed by atoms with van der Waals surface area (Å²) in [4.78, 5) is 34.0. The van der Waals surface area contributed by atoms with Crippen molar-refractivity contribution in [3.63, 3.8) is 0 Å².